The minimum absolute atomic E-state index is 0.673. The van der Waals surface area contributed by atoms with Gasteiger partial charge < -0.3 is 10.3 Å². The van der Waals surface area contributed by atoms with Crippen LogP contribution in [0.4, 0.5) is 0 Å². The van der Waals surface area contributed by atoms with Gasteiger partial charge in [0.25, 0.3) is 0 Å². The number of hydrogen-bond donors (Lipinski definition) is 3. The first-order chi connectivity index (χ1) is 12.8. The maximum absolute atomic E-state index is 4.53. The fourth-order valence-electron chi connectivity index (χ4n) is 4.26. The topological polar surface area (TPSA) is 69.4 Å². The van der Waals surface area contributed by atoms with Crippen LogP contribution < -0.4 is 5.32 Å². The highest BCUT2D eigenvalue weighted by Gasteiger charge is 2.18. The van der Waals surface area contributed by atoms with Gasteiger partial charge in [0.05, 0.1) is 17.4 Å². The van der Waals surface area contributed by atoms with E-state index in [0.717, 1.165) is 36.1 Å². The lowest BCUT2D eigenvalue weighted by Crippen LogP contribution is -2.26. The number of piperidine rings is 1. The van der Waals surface area contributed by atoms with Crippen molar-refractivity contribution in [2.45, 2.75) is 32.1 Å². The highest BCUT2D eigenvalue weighted by Crippen LogP contribution is 2.34. The number of aryl methyl sites for hydroxylation is 1. The molecule has 1 aliphatic heterocycles. The van der Waals surface area contributed by atoms with Crippen LogP contribution in [-0.4, -0.2) is 33.3 Å². The van der Waals surface area contributed by atoms with Crippen molar-refractivity contribution in [3.63, 3.8) is 0 Å². The SMILES string of the molecule is CCc1c(-c2cnc3cn[nH]c3c2)[nH]c2ccc(C3CCNCC3)cc12. The molecule has 0 amide bonds. The van der Waals surface area contributed by atoms with Gasteiger partial charge in [-0.1, -0.05) is 13.0 Å². The summed E-state index contributed by atoms with van der Waals surface area (Å²) in [5.74, 6) is 0.673. The summed E-state index contributed by atoms with van der Waals surface area (Å²) in [6.07, 6.45) is 7.15. The molecule has 3 N–H and O–H groups in total. The molecule has 0 unspecified atom stereocenters. The Hall–Kier alpha value is -2.66. The lowest BCUT2D eigenvalue weighted by Gasteiger charge is -2.23. The monoisotopic (exact) mass is 345 g/mol. The number of benzene rings is 1. The molecule has 0 bridgehead atoms. The number of aromatic nitrogens is 4. The number of rotatable bonds is 3. The van der Waals surface area contributed by atoms with Gasteiger partial charge in [0.1, 0.15) is 5.52 Å². The molecule has 1 aliphatic rings. The summed E-state index contributed by atoms with van der Waals surface area (Å²) in [4.78, 5) is 8.17. The second-order valence-electron chi connectivity index (χ2n) is 7.19. The molecule has 0 atom stereocenters. The number of hydrogen-bond acceptors (Lipinski definition) is 3. The molecule has 0 spiro atoms. The summed E-state index contributed by atoms with van der Waals surface area (Å²) in [6.45, 7) is 4.47. The summed E-state index contributed by atoms with van der Waals surface area (Å²) in [7, 11) is 0. The van der Waals surface area contributed by atoms with E-state index in [1.165, 1.54) is 40.6 Å². The molecule has 0 saturated carbocycles. The van der Waals surface area contributed by atoms with Crippen LogP contribution in [0.15, 0.2) is 36.7 Å². The van der Waals surface area contributed by atoms with Crippen LogP contribution in [0, 0.1) is 0 Å². The van der Waals surface area contributed by atoms with E-state index in [2.05, 4.69) is 56.7 Å². The van der Waals surface area contributed by atoms with Crippen molar-refractivity contribution in [3.05, 3.63) is 47.8 Å². The Morgan fingerprint density at radius 2 is 1.96 bits per heavy atom. The molecular weight excluding hydrogens is 322 g/mol. The third-order valence-corrected chi connectivity index (χ3v) is 5.67. The number of nitrogens with one attached hydrogen (secondary N) is 3. The van der Waals surface area contributed by atoms with Gasteiger partial charge in [0.15, 0.2) is 0 Å². The summed E-state index contributed by atoms with van der Waals surface area (Å²) in [6, 6.07) is 9.09. The van der Waals surface area contributed by atoms with E-state index in [0.29, 0.717) is 5.92 Å². The quantitative estimate of drug-likeness (QED) is 0.523. The van der Waals surface area contributed by atoms with Gasteiger partial charge in [-0.3, -0.25) is 10.1 Å². The number of H-pyrrole nitrogens is 2. The van der Waals surface area contributed by atoms with Crippen LogP contribution >= 0.6 is 0 Å². The smallest absolute Gasteiger partial charge is 0.108 e. The van der Waals surface area contributed by atoms with Gasteiger partial charge in [-0.05, 0) is 67.6 Å². The maximum Gasteiger partial charge on any atom is 0.108 e. The van der Waals surface area contributed by atoms with E-state index in [4.69, 9.17) is 0 Å². The Morgan fingerprint density at radius 1 is 1.08 bits per heavy atom. The normalized spacial score (nSPS) is 15.9. The Labute approximate surface area is 152 Å². The summed E-state index contributed by atoms with van der Waals surface area (Å²) < 4.78 is 0. The van der Waals surface area contributed by atoms with Crippen molar-refractivity contribution >= 4 is 21.9 Å². The lowest BCUT2D eigenvalue weighted by atomic mass is 9.89. The summed E-state index contributed by atoms with van der Waals surface area (Å²) in [5.41, 5.74) is 8.21. The molecule has 4 aromatic rings. The lowest BCUT2D eigenvalue weighted by molar-refractivity contribution is 0.460. The maximum atomic E-state index is 4.53. The van der Waals surface area contributed by atoms with E-state index in [1.54, 1.807) is 6.20 Å². The van der Waals surface area contributed by atoms with Crippen molar-refractivity contribution in [1.29, 1.82) is 0 Å². The van der Waals surface area contributed by atoms with E-state index >= 15 is 0 Å². The first-order valence-electron chi connectivity index (χ1n) is 9.48. The van der Waals surface area contributed by atoms with Crippen molar-refractivity contribution in [1.82, 2.24) is 25.5 Å². The highest BCUT2D eigenvalue weighted by molar-refractivity contribution is 5.92. The van der Waals surface area contributed by atoms with Crippen LogP contribution in [0.5, 0.6) is 0 Å². The number of fused-ring (bicyclic) bond motifs is 2. The average molecular weight is 345 g/mol. The predicted octanol–water partition coefficient (Wildman–Crippen LogP) is 4.14. The van der Waals surface area contributed by atoms with Crippen molar-refractivity contribution in [2.75, 3.05) is 13.1 Å². The minimum Gasteiger partial charge on any atom is -0.354 e. The molecular formula is C21H23N5. The van der Waals surface area contributed by atoms with Gasteiger partial charge in [-0.15, -0.1) is 0 Å². The van der Waals surface area contributed by atoms with Gasteiger partial charge >= 0.3 is 0 Å². The standard InChI is InChI=1S/C21H23N5/c1-2-16-17-9-14(13-5-7-22-8-6-13)3-4-18(17)25-21(16)15-10-19-20(23-11-15)12-24-26-19/h3-4,9-13,22,25H,2,5-8H2,1H3,(H,24,26). The van der Waals surface area contributed by atoms with E-state index < -0.39 is 0 Å². The zero-order valence-electron chi connectivity index (χ0n) is 15.0. The number of aromatic amines is 2. The van der Waals surface area contributed by atoms with Crippen LogP contribution in [-0.2, 0) is 6.42 Å². The third-order valence-electron chi connectivity index (χ3n) is 5.67. The Bertz CT molecular complexity index is 1070. The van der Waals surface area contributed by atoms with Crippen LogP contribution in [0.2, 0.25) is 0 Å². The number of pyridine rings is 1. The van der Waals surface area contributed by atoms with E-state index in [1.807, 2.05) is 6.20 Å². The summed E-state index contributed by atoms with van der Waals surface area (Å²) >= 11 is 0. The number of nitrogens with zero attached hydrogens (tertiary/aromatic N) is 2. The molecule has 5 nitrogen and oxygen atoms in total. The van der Waals surface area contributed by atoms with E-state index in [9.17, 15) is 0 Å². The highest BCUT2D eigenvalue weighted by atomic mass is 15.1. The zero-order valence-corrected chi connectivity index (χ0v) is 15.0. The fraction of sp³-hybridized carbons (Fsp3) is 0.333. The predicted molar refractivity (Wildman–Crippen MR) is 105 cm³/mol. The molecule has 5 heteroatoms. The summed E-state index contributed by atoms with van der Waals surface area (Å²) in [5, 5.41) is 11.9. The largest absolute Gasteiger partial charge is 0.354 e. The average Bonchev–Trinajstić information content (AvgIpc) is 3.31. The second-order valence-corrected chi connectivity index (χ2v) is 7.19. The van der Waals surface area contributed by atoms with Crippen molar-refractivity contribution in [3.8, 4) is 11.3 Å². The van der Waals surface area contributed by atoms with Crippen molar-refractivity contribution < 1.29 is 0 Å². The minimum atomic E-state index is 0.673. The first-order valence-corrected chi connectivity index (χ1v) is 9.48. The Morgan fingerprint density at radius 3 is 2.81 bits per heavy atom. The van der Waals surface area contributed by atoms with Gasteiger partial charge in [-0.2, -0.15) is 5.10 Å². The first kappa shape index (κ1) is 15.6. The van der Waals surface area contributed by atoms with E-state index in [-0.39, 0.29) is 0 Å². The fourth-order valence-corrected chi connectivity index (χ4v) is 4.26. The third kappa shape index (κ3) is 2.51. The molecule has 26 heavy (non-hydrogen) atoms. The molecule has 1 saturated heterocycles. The molecule has 0 radical (unpaired) electrons. The molecule has 4 heterocycles. The van der Waals surface area contributed by atoms with Gasteiger partial charge in [0.2, 0.25) is 0 Å². The molecule has 0 aliphatic carbocycles. The Kier molecular flexibility index (Phi) is 3.75. The molecule has 3 aromatic heterocycles. The van der Waals surface area contributed by atoms with Gasteiger partial charge in [0, 0.05) is 22.7 Å². The van der Waals surface area contributed by atoms with Gasteiger partial charge in [-0.25, -0.2) is 0 Å². The van der Waals surface area contributed by atoms with Crippen LogP contribution in [0.1, 0.15) is 36.8 Å². The zero-order chi connectivity index (χ0) is 17.5. The molecule has 1 fully saturated rings. The molecule has 132 valence electrons. The molecule has 5 rings (SSSR count). The Balaban J connectivity index is 1.63. The van der Waals surface area contributed by atoms with Crippen LogP contribution in [0.25, 0.3) is 33.2 Å². The van der Waals surface area contributed by atoms with Crippen LogP contribution in [0.3, 0.4) is 0 Å². The van der Waals surface area contributed by atoms with Crippen molar-refractivity contribution in [2.24, 2.45) is 0 Å². The molecule has 1 aromatic carbocycles. The second kappa shape index (κ2) is 6.25.